The monoisotopic (exact) mass is 261 g/mol. The van der Waals surface area contributed by atoms with Gasteiger partial charge in [0.15, 0.2) is 0 Å². The van der Waals surface area contributed by atoms with Crippen molar-refractivity contribution in [1.29, 1.82) is 10.5 Å². The third kappa shape index (κ3) is 2.22. The maximum atomic E-state index is 9.30. The Labute approximate surface area is 118 Å². The average Bonchev–Trinajstić information content (AvgIpc) is 2.57. The number of nitriles is 2. The molecule has 0 saturated heterocycles. The summed E-state index contributed by atoms with van der Waals surface area (Å²) in [5.74, 6) is 0.375. The molecule has 20 heavy (non-hydrogen) atoms. The minimum atomic E-state index is 0.375. The Morgan fingerprint density at radius 3 is 2.55 bits per heavy atom. The van der Waals surface area contributed by atoms with Gasteiger partial charge < -0.3 is 5.73 Å². The number of nitrogens with zero attached hydrogens (tertiary/aromatic N) is 2. The predicted molar refractivity (Wildman–Crippen MR) is 80.9 cm³/mol. The SMILES string of the molecule is CC(C)c1cccc2c(C#N)c(N)c(/C=C\C#N)c-2c1. The fraction of sp³-hybridized carbons (Fsp3) is 0.176. The van der Waals surface area contributed by atoms with E-state index < -0.39 is 0 Å². The average molecular weight is 261 g/mol. The number of hydrogen-bond donors (Lipinski definition) is 1. The lowest BCUT2D eigenvalue weighted by molar-refractivity contribution is 0.869. The number of rotatable bonds is 2. The molecule has 3 nitrogen and oxygen atoms in total. The summed E-state index contributed by atoms with van der Waals surface area (Å²) in [6.45, 7) is 4.23. The molecule has 0 unspecified atom stereocenters. The topological polar surface area (TPSA) is 73.6 Å². The predicted octanol–water partition coefficient (Wildman–Crippen LogP) is 3.91. The van der Waals surface area contributed by atoms with Gasteiger partial charge in [0.05, 0.1) is 17.3 Å². The Kier molecular flexibility index (Phi) is 3.73. The van der Waals surface area contributed by atoms with E-state index in [1.807, 2.05) is 30.3 Å². The van der Waals surface area contributed by atoms with Gasteiger partial charge in [-0.1, -0.05) is 38.1 Å². The van der Waals surface area contributed by atoms with Crippen LogP contribution in [0.5, 0.6) is 0 Å². The van der Waals surface area contributed by atoms with Gasteiger partial charge in [0.2, 0.25) is 0 Å². The molecule has 0 aromatic rings. The number of fused-ring (bicyclic) bond motifs is 1. The lowest BCUT2D eigenvalue weighted by Crippen LogP contribution is -1.87. The van der Waals surface area contributed by atoms with Crippen molar-refractivity contribution in [3.8, 4) is 23.3 Å². The second-order valence-electron chi connectivity index (χ2n) is 4.93. The third-order valence-corrected chi connectivity index (χ3v) is 3.37. The van der Waals surface area contributed by atoms with Crippen LogP contribution in [0.25, 0.3) is 17.2 Å². The molecule has 0 bridgehead atoms. The van der Waals surface area contributed by atoms with E-state index in [0.717, 1.165) is 16.7 Å². The summed E-state index contributed by atoms with van der Waals surface area (Å²) in [6.07, 6.45) is 3.05. The summed E-state index contributed by atoms with van der Waals surface area (Å²) >= 11 is 0. The molecule has 2 aliphatic rings. The van der Waals surface area contributed by atoms with Crippen LogP contribution in [0.1, 0.15) is 36.5 Å². The van der Waals surface area contributed by atoms with E-state index in [9.17, 15) is 5.26 Å². The summed E-state index contributed by atoms with van der Waals surface area (Å²) in [7, 11) is 0. The molecule has 0 aromatic carbocycles. The summed E-state index contributed by atoms with van der Waals surface area (Å²) in [6, 6.07) is 12.1. The Bertz CT molecular complexity index is 727. The van der Waals surface area contributed by atoms with Gasteiger partial charge >= 0.3 is 0 Å². The number of nitrogen functional groups attached to an aromatic ring is 1. The highest BCUT2D eigenvalue weighted by molar-refractivity contribution is 5.94. The van der Waals surface area contributed by atoms with Gasteiger partial charge in [-0.05, 0) is 23.1 Å². The summed E-state index contributed by atoms with van der Waals surface area (Å²) in [4.78, 5) is 0. The van der Waals surface area contributed by atoms with Gasteiger partial charge in [-0.3, -0.25) is 0 Å². The lowest BCUT2D eigenvalue weighted by Gasteiger charge is -2.03. The first kappa shape index (κ1) is 13.6. The fourth-order valence-electron chi connectivity index (χ4n) is 2.28. The molecule has 2 N–H and O–H groups in total. The minimum absolute atomic E-state index is 0.375. The van der Waals surface area contributed by atoms with E-state index in [4.69, 9.17) is 11.0 Å². The highest BCUT2D eigenvalue weighted by Crippen LogP contribution is 2.39. The molecule has 98 valence electrons. The Balaban J connectivity index is 2.82. The zero-order valence-corrected chi connectivity index (χ0v) is 11.5. The van der Waals surface area contributed by atoms with Gasteiger partial charge in [0.25, 0.3) is 0 Å². The molecule has 0 aromatic heterocycles. The molecule has 0 fully saturated rings. The van der Waals surface area contributed by atoms with Gasteiger partial charge in [0.1, 0.15) is 6.07 Å². The Morgan fingerprint density at radius 1 is 1.20 bits per heavy atom. The molecule has 0 spiro atoms. The zero-order valence-electron chi connectivity index (χ0n) is 11.5. The van der Waals surface area contributed by atoms with Gasteiger partial charge in [-0.25, -0.2) is 0 Å². The van der Waals surface area contributed by atoms with Crippen molar-refractivity contribution in [3.63, 3.8) is 0 Å². The summed E-state index contributed by atoms with van der Waals surface area (Å²) in [5.41, 5.74) is 10.6. The molecule has 0 amide bonds. The van der Waals surface area contributed by atoms with Crippen molar-refractivity contribution in [3.05, 3.63) is 47.0 Å². The van der Waals surface area contributed by atoms with E-state index >= 15 is 0 Å². The zero-order chi connectivity index (χ0) is 14.7. The first-order valence-corrected chi connectivity index (χ1v) is 6.41. The van der Waals surface area contributed by atoms with Crippen molar-refractivity contribution >= 4 is 11.8 Å². The summed E-state index contributed by atoms with van der Waals surface area (Å²) < 4.78 is 0. The van der Waals surface area contributed by atoms with Crippen LogP contribution >= 0.6 is 0 Å². The van der Waals surface area contributed by atoms with Crippen LogP contribution in [0, 0.1) is 22.7 Å². The number of nitrogens with two attached hydrogens (primary N) is 1. The fourth-order valence-corrected chi connectivity index (χ4v) is 2.28. The van der Waals surface area contributed by atoms with Gasteiger partial charge in [-0.2, -0.15) is 10.5 Å². The molecule has 0 atom stereocenters. The highest BCUT2D eigenvalue weighted by Gasteiger charge is 2.19. The van der Waals surface area contributed by atoms with Crippen LogP contribution in [-0.4, -0.2) is 0 Å². The van der Waals surface area contributed by atoms with Crippen LogP contribution in [0.2, 0.25) is 0 Å². The quantitative estimate of drug-likeness (QED) is 0.833. The molecular formula is C17H15N3. The van der Waals surface area contributed by atoms with Crippen molar-refractivity contribution in [2.24, 2.45) is 0 Å². The van der Waals surface area contributed by atoms with Crippen molar-refractivity contribution in [1.82, 2.24) is 0 Å². The van der Waals surface area contributed by atoms with E-state index in [0.29, 0.717) is 17.2 Å². The van der Waals surface area contributed by atoms with Crippen LogP contribution < -0.4 is 5.73 Å². The molecule has 2 rings (SSSR count). The molecule has 2 aliphatic carbocycles. The molecule has 0 heterocycles. The lowest BCUT2D eigenvalue weighted by atomic mass is 10.0. The largest absolute Gasteiger partial charge is 0.397 e. The van der Waals surface area contributed by atoms with E-state index in [-0.39, 0.29) is 0 Å². The normalized spacial score (nSPS) is 10.8. The van der Waals surface area contributed by atoms with Crippen molar-refractivity contribution in [2.45, 2.75) is 19.8 Å². The first-order chi connectivity index (χ1) is 9.60. The van der Waals surface area contributed by atoms with E-state index in [1.165, 1.54) is 11.6 Å². The number of anilines is 1. The minimum Gasteiger partial charge on any atom is -0.397 e. The van der Waals surface area contributed by atoms with E-state index in [1.54, 1.807) is 6.08 Å². The molecule has 0 aliphatic heterocycles. The standard InChI is InChI=1S/C17H15N3/c1-11(2)12-5-3-6-13-15(9-12)14(7-4-8-18)17(20)16(13)10-19/h3-7,9,11H,20H2,1-2H3/b7-4-. The maximum absolute atomic E-state index is 9.30. The molecule has 3 heteroatoms. The van der Waals surface area contributed by atoms with Crippen LogP contribution in [-0.2, 0) is 0 Å². The first-order valence-electron chi connectivity index (χ1n) is 6.41. The van der Waals surface area contributed by atoms with Gasteiger partial charge in [0, 0.05) is 17.2 Å². The number of hydrogen-bond acceptors (Lipinski definition) is 3. The Hall–Kier alpha value is -2.78. The van der Waals surface area contributed by atoms with Gasteiger partial charge in [-0.15, -0.1) is 0 Å². The maximum Gasteiger partial charge on any atom is 0.102 e. The van der Waals surface area contributed by atoms with Crippen molar-refractivity contribution in [2.75, 3.05) is 5.73 Å². The Morgan fingerprint density at radius 2 is 1.95 bits per heavy atom. The van der Waals surface area contributed by atoms with Crippen LogP contribution in [0.4, 0.5) is 5.69 Å². The van der Waals surface area contributed by atoms with Crippen LogP contribution in [0.15, 0.2) is 30.3 Å². The van der Waals surface area contributed by atoms with E-state index in [2.05, 4.69) is 19.9 Å². The van der Waals surface area contributed by atoms with Crippen molar-refractivity contribution < 1.29 is 0 Å². The second kappa shape index (κ2) is 5.47. The second-order valence-corrected chi connectivity index (χ2v) is 4.93. The number of allylic oxidation sites excluding steroid dienone is 1. The smallest absolute Gasteiger partial charge is 0.102 e. The summed E-state index contributed by atoms with van der Waals surface area (Å²) in [5, 5.41) is 18.0. The molecule has 0 radical (unpaired) electrons. The van der Waals surface area contributed by atoms with Crippen LogP contribution in [0.3, 0.4) is 0 Å². The molecular weight excluding hydrogens is 246 g/mol. The molecule has 0 saturated carbocycles. The highest BCUT2D eigenvalue weighted by atomic mass is 14.6. The third-order valence-electron chi connectivity index (χ3n) is 3.37.